The van der Waals surface area contributed by atoms with Gasteiger partial charge in [-0.25, -0.2) is 4.39 Å². The molecule has 8 heteroatoms. The van der Waals surface area contributed by atoms with Crippen LogP contribution in [0.5, 0.6) is 0 Å². The number of nitrogens with one attached hydrogen (secondary N) is 1. The summed E-state index contributed by atoms with van der Waals surface area (Å²) in [6.07, 6.45) is 1.56. The topological polar surface area (TPSA) is 73.0 Å². The number of anilines is 1. The molecule has 0 radical (unpaired) electrons. The second-order valence-corrected chi connectivity index (χ2v) is 7.14. The molecule has 1 N–H and O–H groups in total. The SMILES string of the molecule is O=C(CSc1nnc(-c2ccco2)n1Cc1ccc(F)cc1)Nc1ccccc1. The number of benzene rings is 2. The highest BCUT2D eigenvalue weighted by Gasteiger charge is 2.18. The molecule has 0 spiro atoms. The third-order valence-corrected chi connectivity index (χ3v) is 5.07. The molecule has 0 aliphatic heterocycles. The maximum Gasteiger partial charge on any atom is 0.234 e. The number of rotatable bonds is 7. The van der Waals surface area contributed by atoms with Crippen LogP contribution in [0.25, 0.3) is 11.6 Å². The number of thioether (sulfide) groups is 1. The summed E-state index contributed by atoms with van der Waals surface area (Å²) in [7, 11) is 0. The molecule has 2 aromatic carbocycles. The van der Waals surface area contributed by atoms with Crippen molar-refractivity contribution in [2.45, 2.75) is 11.7 Å². The van der Waals surface area contributed by atoms with Crippen LogP contribution < -0.4 is 5.32 Å². The predicted octanol–water partition coefficient (Wildman–Crippen LogP) is 4.46. The number of aromatic nitrogens is 3. The Hall–Kier alpha value is -3.39. The van der Waals surface area contributed by atoms with Gasteiger partial charge in [-0.15, -0.1) is 10.2 Å². The van der Waals surface area contributed by atoms with E-state index in [4.69, 9.17) is 4.42 Å². The maximum absolute atomic E-state index is 13.2. The van der Waals surface area contributed by atoms with E-state index in [1.807, 2.05) is 34.9 Å². The normalized spacial score (nSPS) is 10.8. The van der Waals surface area contributed by atoms with Crippen LogP contribution in [-0.2, 0) is 11.3 Å². The molecule has 2 heterocycles. The summed E-state index contributed by atoms with van der Waals surface area (Å²) >= 11 is 1.28. The summed E-state index contributed by atoms with van der Waals surface area (Å²) in [5.41, 5.74) is 1.62. The first kappa shape index (κ1) is 18.9. The first-order chi connectivity index (χ1) is 14.2. The smallest absolute Gasteiger partial charge is 0.234 e. The summed E-state index contributed by atoms with van der Waals surface area (Å²) < 4.78 is 20.6. The zero-order valence-corrected chi connectivity index (χ0v) is 16.1. The molecule has 0 fully saturated rings. The highest BCUT2D eigenvalue weighted by Crippen LogP contribution is 2.25. The van der Waals surface area contributed by atoms with Crippen LogP contribution in [0.2, 0.25) is 0 Å². The standard InChI is InChI=1S/C21H17FN4O2S/c22-16-10-8-15(9-11-16)13-26-20(18-7-4-12-28-18)24-25-21(26)29-14-19(27)23-17-5-2-1-3-6-17/h1-12H,13-14H2,(H,23,27). The number of halogens is 1. The highest BCUT2D eigenvalue weighted by molar-refractivity contribution is 7.99. The van der Waals surface area contributed by atoms with Gasteiger partial charge < -0.3 is 9.73 Å². The van der Waals surface area contributed by atoms with Crippen molar-refractivity contribution in [3.05, 3.63) is 84.4 Å². The van der Waals surface area contributed by atoms with Gasteiger partial charge in [0.1, 0.15) is 5.82 Å². The van der Waals surface area contributed by atoms with Gasteiger partial charge in [0, 0.05) is 5.69 Å². The first-order valence-corrected chi connectivity index (χ1v) is 9.87. The van der Waals surface area contributed by atoms with Crippen molar-refractivity contribution in [1.29, 1.82) is 0 Å². The summed E-state index contributed by atoms with van der Waals surface area (Å²) in [6.45, 7) is 0.423. The van der Waals surface area contributed by atoms with Gasteiger partial charge in [-0.2, -0.15) is 0 Å². The lowest BCUT2D eigenvalue weighted by Gasteiger charge is -2.10. The van der Waals surface area contributed by atoms with Gasteiger partial charge in [-0.05, 0) is 42.0 Å². The van der Waals surface area contributed by atoms with Crippen molar-refractivity contribution < 1.29 is 13.6 Å². The molecule has 29 heavy (non-hydrogen) atoms. The summed E-state index contributed by atoms with van der Waals surface area (Å²) in [5.74, 6) is 0.854. The van der Waals surface area contributed by atoms with Crippen molar-refractivity contribution in [2.75, 3.05) is 11.1 Å². The van der Waals surface area contributed by atoms with E-state index in [-0.39, 0.29) is 17.5 Å². The Kier molecular flexibility index (Phi) is 5.71. The molecule has 4 rings (SSSR count). The number of carbonyl (C=O) groups is 1. The number of carbonyl (C=O) groups excluding carboxylic acids is 1. The molecule has 0 aliphatic carbocycles. The average Bonchev–Trinajstić information content (AvgIpc) is 3.39. The number of para-hydroxylation sites is 1. The Morgan fingerprint density at radius 3 is 2.55 bits per heavy atom. The number of furan rings is 1. The predicted molar refractivity (Wildman–Crippen MR) is 109 cm³/mol. The Morgan fingerprint density at radius 1 is 1.03 bits per heavy atom. The molecule has 4 aromatic rings. The first-order valence-electron chi connectivity index (χ1n) is 8.88. The molecule has 0 saturated carbocycles. The van der Waals surface area contributed by atoms with E-state index < -0.39 is 0 Å². The zero-order chi connectivity index (χ0) is 20.1. The molecule has 0 aliphatic rings. The van der Waals surface area contributed by atoms with E-state index >= 15 is 0 Å². The van der Waals surface area contributed by atoms with E-state index in [1.54, 1.807) is 30.5 Å². The van der Waals surface area contributed by atoms with Crippen molar-refractivity contribution in [3.8, 4) is 11.6 Å². The minimum Gasteiger partial charge on any atom is -0.461 e. The van der Waals surface area contributed by atoms with Gasteiger partial charge in [-0.3, -0.25) is 9.36 Å². The third-order valence-electron chi connectivity index (χ3n) is 4.10. The van der Waals surface area contributed by atoms with E-state index in [2.05, 4.69) is 15.5 Å². The van der Waals surface area contributed by atoms with E-state index in [0.717, 1.165) is 11.3 Å². The van der Waals surface area contributed by atoms with Crippen LogP contribution in [-0.4, -0.2) is 26.4 Å². The third kappa shape index (κ3) is 4.72. The van der Waals surface area contributed by atoms with E-state index in [1.165, 1.54) is 23.9 Å². The summed E-state index contributed by atoms with van der Waals surface area (Å²) in [5, 5.41) is 11.9. The van der Waals surface area contributed by atoms with Gasteiger partial charge in [0.05, 0.1) is 18.6 Å². The fraction of sp³-hybridized carbons (Fsp3) is 0.0952. The Bertz CT molecular complexity index is 1080. The number of hydrogen-bond acceptors (Lipinski definition) is 5. The van der Waals surface area contributed by atoms with Gasteiger partial charge in [0.25, 0.3) is 0 Å². The minimum absolute atomic E-state index is 0.142. The average molecular weight is 408 g/mol. The van der Waals surface area contributed by atoms with Crippen molar-refractivity contribution in [2.24, 2.45) is 0 Å². The monoisotopic (exact) mass is 408 g/mol. The molecule has 146 valence electrons. The highest BCUT2D eigenvalue weighted by atomic mass is 32.2. The quantitative estimate of drug-likeness (QED) is 0.457. The molecule has 0 bridgehead atoms. The number of amides is 1. The lowest BCUT2D eigenvalue weighted by atomic mass is 10.2. The largest absolute Gasteiger partial charge is 0.461 e. The van der Waals surface area contributed by atoms with Gasteiger partial charge >= 0.3 is 0 Å². The van der Waals surface area contributed by atoms with Crippen molar-refractivity contribution >= 4 is 23.4 Å². The fourth-order valence-electron chi connectivity index (χ4n) is 2.75. The second kappa shape index (κ2) is 8.74. The Morgan fingerprint density at radius 2 is 1.83 bits per heavy atom. The fourth-order valence-corrected chi connectivity index (χ4v) is 3.48. The van der Waals surface area contributed by atoms with Gasteiger partial charge in [0.2, 0.25) is 11.7 Å². The van der Waals surface area contributed by atoms with Crippen LogP contribution in [0.3, 0.4) is 0 Å². The lowest BCUT2D eigenvalue weighted by Crippen LogP contribution is -2.14. The number of hydrogen-bond donors (Lipinski definition) is 1. The molecule has 0 unspecified atom stereocenters. The molecular weight excluding hydrogens is 391 g/mol. The molecular formula is C21H17FN4O2S. The van der Waals surface area contributed by atoms with Crippen LogP contribution in [0.1, 0.15) is 5.56 Å². The second-order valence-electron chi connectivity index (χ2n) is 6.20. The summed E-state index contributed by atoms with van der Waals surface area (Å²) in [6, 6.07) is 19.1. The van der Waals surface area contributed by atoms with E-state index in [9.17, 15) is 9.18 Å². The van der Waals surface area contributed by atoms with Crippen molar-refractivity contribution in [3.63, 3.8) is 0 Å². The van der Waals surface area contributed by atoms with Crippen LogP contribution in [0.15, 0.2) is 82.6 Å². The zero-order valence-electron chi connectivity index (χ0n) is 15.3. The Balaban J connectivity index is 1.53. The molecule has 0 atom stereocenters. The maximum atomic E-state index is 13.2. The lowest BCUT2D eigenvalue weighted by molar-refractivity contribution is -0.113. The van der Waals surface area contributed by atoms with E-state index in [0.29, 0.717) is 23.3 Å². The molecule has 2 aromatic heterocycles. The summed E-state index contributed by atoms with van der Waals surface area (Å²) in [4.78, 5) is 12.3. The Labute approximate surface area is 170 Å². The number of nitrogens with zero attached hydrogens (tertiary/aromatic N) is 3. The van der Waals surface area contributed by atoms with Crippen LogP contribution >= 0.6 is 11.8 Å². The van der Waals surface area contributed by atoms with Crippen LogP contribution in [0, 0.1) is 5.82 Å². The van der Waals surface area contributed by atoms with Gasteiger partial charge in [0.15, 0.2) is 10.9 Å². The molecule has 0 saturated heterocycles. The minimum atomic E-state index is -0.295. The van der Waals surface area contributed by atoms with Gasteiger partial charge in [-0.1, -0.05) is 42.1 Å². The van der Waals surface area contributed by atoms with Crippen molar-refractivity contribution in [1.82, 2.24) is 14.8 Å². The molecule has 1 amide bonds. The molecule has 6 nitrogen and oxygen atoms in total. The van der Waals surface area contributed by atoms with Crippen LogP contribution in [0.4, 0.5) is 10.1 Å².